The van der Waals surface area contributed by atoms with Gasteiger partial charge < -0.3 is 5.11 Å². The summed E-state index contributed by atoms with van der Waals surface area (Å²) in [6.07, 6.45) is 18.1. The van der Waals surface area contributed by atoms with Gasteiger partial charge in [0.1, 0.15) is 0 Å². The summed E-state index contributed by atoms with van der Waals surface area (Å²) in [5, 5.41) is 10.2. The third-order valence-electron chi connectivity index (χ3n) is 10.1. The van der Waals surface area contributed by atoms with Gasteiger partial charge in [0.2, 0.25) is 0 Å². The zero-order chi connectivity index (χ0) is 20.1. The van der Waals surface area contributed by atoms with Crippen molar-refractivity contribution in [1.82, 2.24) is 0 Å². The van der Waals surface area contributed by atoms with Gasteiger partial charge in [-0.3, -0.25) is 0 Å². The molecule has 28 heavy (non-hydrogen) atoms. The van der Waals surface area contributed by atoms with Crippen LogP contribution in [0.15, 0.2) is 11.6 Å². The van der Waals surface area contributed by atoms with Crippen LogP contribution in [-0.2, 0) is 0 Å². The maximum atomic E-state index is 10.2. The summed E-state index contributed by atoms with van der Waals surface area (Å²) in [6.45, 7) is 12.5. The lowest BCUT2D eigenvalue weighted by Gasteiger charge is -2.58. The van der Waals surface area contributed by atoms with E-state index >= 15 is 0 Å². The molecule has 0 aromatic heterocycles. The van der Waals surface area contributed by atoms with E-state index in [9.17, 15) is 5.11 Å². The van der Waals surface area contributed by atoms with Gasteiger partial charge in [-0.05, 0) is 97.7 Å². The van der Waals surface area contributed by atoms with E-state index in [-0.39, 0.29) is 6.10 Å². The topological polar surface area (TPSA) is 20.2 Å². The first-order valence-electron chi connectivity index (χ1n) is 12.5. The van der Waals surface area contributed by atoms with Crippen LogP contribution in [0.1, 0.15) is 98.8 Å². The molecular formula is C27H45O. The monoisotopic (exact) mass is 385 g/mol. The third kappa shape index (κ3) is 3.42. The van der Waals surface area contributed by atoms with E-state index < -0.39 is 0 Å². The molecule has 0 aliphatic heterocycles. The lowest BCUT2D eigenvalue weighted by atomic mass is 9.47. The molecule has 0 aromatic rings. The van der Waals surface area contributed by atoms with Crippen LogP contribution >= 0.6 is 0 Å². The molecule has 1 nitrogen and oxygen atoms in total. The van der Waals surface area contributed by atoms with Crippen molar-refractivity contribution >= 4 is 0 Å². The van der Waals surface area contributed by atoms with Gasteiger partial charge in [-0.1, -0.05) is 65.5 Å². The van der Waals surface area contributed by atoms with Gasteiger partial charge in [-0.15, -0.1) is 0 Å². The normalized spacial score (nSPS) is 46.5. The number of hydrogen-bond donors (Lipinski definition) is 1. The van der Waals surface area contributed by atoms with E-state index in [2.05, 4.69) is 47.1 Å². The standard InChI is InChI=1S/C27H45O/c1-18(2)7-6-8-19(3)23-11-12-24-22-10-9-20-17-21(28)13-15-26(20,4)25(22)14-16-27(23,24)5/h9-10,18-19,21-25,28H,6-8,11-17H2,1-5H3/t19-,21+,22+,23-,24+,25+,26+,27-/m1/s1. The van der Waals surface area contributed by atoms with Crippen molar-refractivity contribution in [2.24, 2.45) is 46.3 Å². The van der Waals surface area contributed by atoms with Crippen molar-refractivity contribution in [3.8, 4) is 0 Å². The molecule has 4 aliphatic rings. The lowest BCUT2D eigenvalue weighted by molar-refractivity contribution is -0.0432. The van der Waals surface area contributed by atoms with E-state index in [0.29, 0.717) is 10.8 Å². The zero-order valence-electron chi connectivity index (χ0n) is 19.2. The Balaban J connectivity index is 1.49. The summed E-state index contributed by atoms with van der Waals surface area (Å²) in [5.41, 5.74) is 2.49. The predicted octanol–water partition coefficient (Wildman–Crippen LogP) is 7.20. The summed E-state index contributed by atoms with van der Waals surface area (Å²) < 4.78 is 0. The molecule has 3 fully saturated rings. The second kappa shape index (κ2) is 7.75. The van der Waals surface area contributed by atoms with E-state index in [1.54, 1.807) is 5.57 Å². The molecular weight excluding hydrogens is 340 g/mol. The van der Waals surface area contributed by atoms with Crippen molar-refractivity contribution in [1.29, 1.82) is 0 Å². The Kier molecular flexibility index (Phi) is 5.80. The summed E-state index contributed by atoms with van der Waals surface area (Å²) in [6, 6.07) is 0. The molecule has 4 aliphatic carbocycles. The van der Waals surface area contributed by atoms with Crippen LogP contribution in [0.25, 0.3) is 0 Å². The Morgan fingerprint density at radius 1 is 1.00 bits per heavy atom. The Morgan fingerprint density at radius 3 is 2.54 bits per heavy atom. The first-order valence-corrected chi connectivity index (χ1v) is 12.5. The molecule has 0 spiro atoms. The molecule has 1 heteroatoms. The highest BCUT2D eigenvalue weighted by Crippen LogP contribution is 2.67. The number of hydrogen-bond acceptors (Lipinski definition) is 1. The van der Waals surface area contributed by atoms with Gasteiger partial charge in [0.15, 0.2) is 0 Å². The number of aliphatic hydroxyl groups is 1. The van der Waals surface area contributed by atoms with Gasteiger partial charge >= 0.3 is 0 Å². The molecule has 0 amide bonds. The molecule has 159 valence electrons. The SMILES string of the molecule is CC(C)CCC[C@@H](C)[C@H]1CC[C@H]2[C@@H]3[CH]C=C4C[C@@H](O)CC[C@]4(C)[C@H]3CC[C@]12C. The molecule has 4 rings (SSSR count). The molecule has 8 atom stereocenters. The van der Waals surface area contributed by atoms with Crippen molar-refractivity contribution < 1.29 is 5.11 Å². The number of aliphatic hydroxyl groups excluding tert-OH is 1. The summed E-state index contributed by atoms with van der Waals surface area (Å²) in [5.74, 6) is 5.18. The zero-order valence-corrected chi connectivity index (χ0v) is 19.2. The Labute approximate surface area is 174 Å². The van der Waals surface area contributed by atoms with Crippen LogP contribution in [0.3, 0.4) is 0 Å². The van der Waals surface area contributed by atoms with Crippen LogP contribution in [0.2, 0.25) is 0 Å². The van der Waals surface area contributed by atoms with Crippen LogP contribution in [0.4, 0.5) is 0 Å². The van der Waals surface area contributed by atoms with Gasteiger partial charge in [0.25, 0.3) is 0 Å². The van der Waals surface area contributed by atoms with Crippen LogP contribution in [-0.4, -0.2) is 11.2 Å². The lowest BCUT2D eigenvalue weighted by Crippen LogP contribution is -2.51. The van der Waals surface area contributed by atoms with E-state index in [1.165, 1.54) is 51.4 Å². The molecule has 3 saturated carbocycles. The maximum absolute atomic E-state index is 10.2. The molecule has 1 radical (unpaired) electrons. The molecule has 0 unspecified atom stereocenters. The molecule has 1 N–H and O–H groups in total. The average molecular weight is 386 g/mol. The fourth-order valence-electron chi connectivity index (χ4n) is 8.36. The fourth-order valence-corrected chi connectivity index (χ4v) is 8.36. The van der Waals surface area contributed by atoms with E-state index in [0.717, 1.165) is 48.3 Å². The highest BCUT2D eigenvalue weighted by Gasteiger charge is 2.59. The first-order chi connectivity index (χ1) is 13.3. The molecule has 0 heterocycles. The second-order valence-corrected chi connectivity index (χ2v) is 12.0. The second-order valence-electron chi connectivity index (χ2n) is 12.0. The van der Waals surface area contributed by atoms with Gasteiger partial charge in [0.05, 0.1) is 6.10 Å². The largest absolute Gasteiger partial charge is 0.393 e. The highest BCUT2D eigenvalue weighted by molar-refractivity contribution is 5.30. The van der Waals surface area contributed by atoms with E-state index in [1.807, 2.05) is 0 Å². The molecule has 0 saturated heterocycles. The Hall–Kier alpha value is -0.300. The van der Waals surface area contributed by atoms with E-state index in [4.69, 9.17) is 0 Å². The smallest absolute Gasteiger partial charge is 0.0577 e. The Morgan fingerprint density at radius 2 is 1.79 bits per heavy atom. The summed E-state index contributed by atoms with van der Waals surface area (Å²) in [7, 11) is 0. The molecule has 0 aromatic carbocycles. The minimum atomic E-state index is -0.0966. The molecule has 0 bridgehead atoms. The average Bonchev–Trinajstić information content (AvgIpc) is 2.99. The van der Waals surface area contributed by atoms with Crippen molar-refractivity contribution in [3.63, 3.8) is 0 Å². The highest BCUT2D eigenvalue weighted by atomic mass is 16.3. The minimum Gasteiger partial charge on any atom is -0.393 e. The maximum Gasteiger partial charge on any atom is 0.0577 e. The summed E-state index contributed by atoms with van der Waals surface area (Å²) >= 11 is 0. The predicted molar refractivity (Wildman–Crippen MR) is 119 cm³/mol. The van der Waals surface area contributed by atoms with Gasteiger partial charge in [-0.25, -0.2) is 0 Å². The van der Waals surface area contributed by atoms with Gasteiger partial charge in [-0.2, -0.15) is 0 Å². The Bertz CT molecular complexity index is 591. The van der Waals surface area contributed by atoms with Crippen molar-refractivity contribution in [2.45, 2.75) is 105 Å². The minimum absolute atomic E-state index is 0.0966. The van der Waals surface area contributed by atoms with Crippen molar-refractivity contribution in [3.05, 3.63) is 18.1 Å². The third-order valence-corrected chi connectivity index (χ3v) is 10.1. The van der Waals surface area contributed by atoms with Crippen molar-refractivity contribution in [2.75, 3.05) is 0 Å². The van der Waals surface area contributed by atoms with Crippen LogP contribution < -0.4 is 0 Å². The quantitative estimate of drug-likeness (QED) is 0.530. The van der Waals surface area contributed by atoms with Gasteiger partial charge in [0, 0.05) is 0 Å². The first kappa shape index (κ1) is 21.0. The number of allylic oxidation sites excluding steroid dienone is 1. The fraction of sp³-hybridized carbons (Fsp3) is 0.889. The van der Waals surface area contributed by atoms with Crippen LogP contribution in [0.5, 0.6) is 0 Å². The number of rotatable bonds is 5. The van der Waals surface area contributed by atoms with Crippen LogP contribution in [0, 0.1) is 52.8 Å². The number of fused-ring (bicyclic) bond motifs is 5. The summed E-state index contributed by atoms with van der Waals surface area (Å²) in [4.78, 5) is 0.